The zero-order chi connectivity index (χ0) is 13.1. The van der Waals surface area contributed by atoms with Crippen LogP contribution in [0.3, 0.4) is 0 Å². The van der Waals surface area contributed by atoms with Crippen molar-refractivity contribution in [2.45, 2.75) is 0 Å². The summed E-state index contributed by atoms with van der Waals surface area (Å²) in [5, 5.41) is 2.44. The fraction of sp³-hybridized carbons (Fsp3) is 0. The van der Waals surface area contributed by atoms with Crippen molar-refractivity contribution in [3.8, 4) is 11.1 Å². The van der Waals surface area contributed by atoms with E-state index in [-0.39, 0.29) is 0 Å². The van der Waals surface area contributed by atoms with Gasteiger partial charge >= 0.3 is 0 Å². The summed E-state index contributed by atoms with van der Waals surface area (Å²) in [6.07, 6.45) is 1.55. The lowest BCUT2D eigenvalue weighted by atomic mass is 9.98. The Balaban J connectivity index is 2.16. The van der Waals surface area contributed by atoms with Gasteiger partial charge in [0.05, 0.1) is 5.69 Å². The summed E-state index contributed by atoms with van der Waals surface area (Å²) in [6.45, 7) is 0. The maximum atomic E-state index is 10.2. The van der Waals surface area contributed by atoms with Crippen molar-refractivity contribution in [3.63, 3.8) is 0 Å². The minimum atomic E-state index is 0.624. The largest absolute Gasteiger partial charge is 0.240 e. The lowest BCUT2D eigenvalue weighted by molar-refractivity contribution is 0.565. The van der Waals surface area contributed by atoms with E-state index in [4.69, 9.17) is 0 Å². The fourth-order valence-electron chi connectivity index (χ4n) is 2.25. The highest BCUT2D eigenvalue weighted by molar-refractivity contribution is 5.96. The second-order valence-corrected chi connectivity index (χ2v) is 4.28. The van der Waals surface area contributed by atoms with Crippen LogP contribution in [0.25, 0.3) is 21.9 Å². The molecule has 0 aromatic heterocycles. The van der Waals surface area contributed by atoms with E-state index in [9.17, 15) is 4.79 Å². The van der Waals surface area contributed by atoms with E-state index >= 15 is 0 Å². The van der Waals surface area contributed by atoms with Crippen LogP contribution < -0.4 is 0 Å². The summed E-state index contributed by atoms with van der Waals surface area (Å²) in [5.41, 5.74) is 2.92. The summed E-state index contributed by atoms with van der Waals surface area (Å²) in [4.78, 5) is 13.8. The predicted octanol–water partition coefficient (Wildman–Crippen LogP) is 4.47. The van der Waals surface area contributed by atoms with Gasteiger partial charge in [0.1, 0.15) is 0 Å². The van der Waals surface area contributed by atoms with Gasteiger partial charge in [0.2, 0.25) is 6.08 Å². The first-order chi connectivity index (χ1) is 9.38. The normalized spacial score (nSPS) is 10.1. The number of carbonyl (C=O) groups excluding carboxylic acids is 1. The zero-order valence-corrected chi connectivity index (χ0v) is 10.2. The van der Waals surface area contributed by atoms with Crippen LogP contribution in [0.1, 0.15) is 0 Å². The van der Waals surface area contributed by atoms with Crippen LogP contribution in [0.4, 0.5) is 5.69 Å². The molecule has 3 aromatic rings. The molecule has 0 saturated heterocycles. The molecular weight excluding hydrogens is 234 g/mol. The van der Waals surface area contributed by atoms with Crippen LogP contribution in [-0.2, 0) is 4.79 Å². The van der Waals surface area contributed by atoms with E-state index in [2.05, 4.69) is 35.3 Å². The molecule has 0 spiro atoms. The summed E-state index contributed by atoms with van der Waals surface area (Å²) in [7, 11) is 0. The van der Waals surface area contributed by atoms with Crippen molar-refractivity contribution < 1.29 is 4.79 Å². The Morgan fingerprint density at radius 3 is 2.32 bits per heavy atom. The molecule has 0 saturated carbocycles. The Labute approximate surface area is 111 Å². The molecule has 3 aromatic carbocycles. The first-order valence-electron chi connectivity index (χ1n) is 6.04. The van der Waals surface area contributed by atoms with Crippen molar-refractivity contribution in [2.75, 3.05) is 0 Å². The zero-order valence-electron chi connectivity index (χ0n) is 10.2. The molecule has 0 unspecified atom stereocenters. The molecule has 19 heavy (non-hydrogen) atoms. The minimum absolute atomic E-state index is 0.624. The number of aliphatic imine (C=N–C) groups is 1. The average molecular weight is 245 g/mol. The van der Waals surface area contributed by atoms with Crippen molar-refractivity contribution >= 4 is 22.5 Å². The molecule has 3 rings (SSSR count). The van der Waals surface area contributed by atoms with Crippen LogP contribution in [0.2, 0.25) is 0 Å². The molecule has 90 valence electrons. The molecule has 0 fully saturated rings. The van der Waals surface area contributed by atoms with Gasteiger partial charge in [-0.3, -0.25) is 0 Å². The molecule has 0 N–H and O–H groups in total. The van der Waals surface area contributed by atoms with Gasteiger partial charge in [0.15, 0.2) is 0 Å². The summed E-state index contributed by atoms with van der Waals surface area (Å²) >= 11 is 0. The van der Waals surface area contributed by atoms with Gasteiger partial charge < -0.3 is 0 Å². The van der Waals surface area contributed by atoms with E-state index in [0.29, 0.717) is 5.69 Å². The van der Waals surface area contributed by atoms with Gasteiger partial charge in [-0.15, -0.1) is 0 Å². The number of isocyanates is 1. The molecule has 0 radical (unpaired) electrons. The van der Waals surface area contributed by atoms with Crippen LogP contribution >= 0.6 is 0 Å². The van der Waals surface area contributed by atoms with Crippen LogP contribution in [-0.4, -0.2) is 6.08 Å². The van der Waals surface area contributed by atoms with E-state index in [1.807, 2.05) is 36.4 Å². The Hall–Kier alpha value is -2.70. The van der Waals surface area contributed by atoms with Crippen molar-refractivity contribution in [3.05, 3.63) is 66.7 Å². The number of nitrogens with zero attached hydrogens (tertiary/aromatic N) is 1. The Morgan fingerprint density at radius 2 is 1.53 bits per heavy atom. The number of hydrogen-bond donors (Lipinski definition) is 0. The Morgan fingerprint density at radius 1 is 0.789 bits per heavy atom. The highest BCUT2D eigenvalue weighted by atomic mass is 16.1. The van der Waals surface area contributed by atoms with Crippen molar-refractivity contribution in [2.24, 2.45) is 4.99 Å². The van der Waals surface area contributed by atoms with E-state index in [1.165, 1.54) is 16.3 Å². The van der Waals surface area contributed by atoms with Crippen LogP contribution in [0.5, 0.6) is 0 Å². The van der Waals surface area contributed by atoms with Gasteiger partial charge in [0, 0.05) is 0 Å². The lowest BCUT2D eigenvalue weighted by Crippen LogP contribution is -1.80. The van der Waals surface area contributed by atoms with Gasteiger partial charge in [-0.05, 0) is 34.0 Å². The lowest BCUT2D eigenvalue weighted by Gasteiger charge is -2.06. The molecule has 0 aliphatic rings. The predicted molar refractivity (Wildman–Crippen MR) is 77.2 cm³/mol. The number of hydrogen-bond acceptors (Lipinski definition) is 2. The third-order valence-corrected chi connectivity index (χ3v) is 3.14. The standard InChI is InChI=1S/C17H11NO/c19-12-18-15-10-8-14(9-11-15)17-7-3-5-13-4-1-2-6-16(13)17/h1-11H. The molecule has 2 nitrogen and oxygen atoms in total. The van der Waals surface area contributed by atoms with Gasteiger partial charge in [0.25, 0.3) is 0 Å². The Bertz CT molecular complexity index is 763. The molecule has 2 heteroatoms. The number of rotatable bonds is 2. The molecule has 0 aliphatic heterocycles. The maximum absolute atomic E-state index is 10.2. The van der Waals surface area contributed by atoms with Crippen LogP contribution in [0, 0.1) is 0 Å². The topological polar surface area (TPSA) is 29.4 Å². The molecule has 0 bridgehead atoms. The fourth-order valence-corrected chi connectivity index (χ4v) is 2.25. The van der Waals surface area contributed by atoms with Gasteiger partial charge in [-0.25, -0.2) is 4.79 Å². The average Bonchev–Trinajstić information content (AvgIpc) is 2.48. The molecule has 0 atom stereocenters. The van der Waals surface area contributed by atoms with E-state index in [1.54, 1.807) is 6.08 Å². The number of fused-ring (bicyclic) bond motifs is 1. The Kier molecular flexibility index (Phi) is 2.93. The molecule has 0 heterocycles. The summed E-state index contributed by atoms with van der Waals surface area (Å²) in [6, 6.07) is 22.1. The summed E-state index contributed by atoms with van der Waals surface area (Å²) in [5.74, 6) is 0. The smallest absolute Gasteiger partial charge is 0.211 e. The first-order valence-corrected chi connectivity index (χ1v) is 6.04. The monoisotopic (exact) mass is 245 g/mol. The van der Waals surface area contributed by atoms with Gasteiger partial charge in [-0.2, -0.15) is 4.99 Å². The highest BCUT2D eigenvalue weighted by Crippen LogP contribution is 2.29. The second kappa shape index (κ2) is 4.89. The third kappa shape index (κ3) is 2.17. The summed E-state index contributed by atoms with van der Waals surface area (Å²) < 4.78 is 0. The SMILES string of the molecule is O=C=Nc1ccc(-c2cccc3ccccc23)cc1. The second-order valence-electron chi connectivity index (χ2n) is 4.28. The van der Waals surface area contributed by atoms with E-state index in [0.717, 1.165) is 5.56 Å². The van der Waals surface area contributed by atoms with E-state index < -0.39 is 0 Å². The van der Waals surface area contributed by atoms with Crippen LogP contribution in [0.15, 0.2) is 71.7 Å². The first kappa shape index (κ1) is 11.4. The van der Waals surface area contributed by atoms with Gasteiger partial charge in [-0.1, -0.05) is 54.6 Å². The maximum Gasteiger partial charge on any atom is 0.240 e. The quantitative estimate of drug-likeness (QED) is 0.483. The van der Waals surface area contributed by atoms with Crippen molar-refractivity contribution in [1.29, 1.82) is 0 Å². The molecule has 0 aliphatic carbocycles. The van der Waals surface area contributed by atoms with Crippen molar-refractivity contribution in [1.82, 2.24) is 0 Å². The third-order valence-electron chi connectivity index (χ3n) is 3.14. The highest BCUT2D eigenvalue weighted by Gasteiger charge is 2.02. The molecular formula is C17H11NO. The number of benzene rings is 3. The molecule has 0 amide bonds. The minimum Gasteiger partial charge on any atom is -0.211 e.